The molecular weight excluding hydrogens is 428 g/mol. The third kappa shape index (κ3) is 3.38. The molecule has 1 aromatic heterocycles. The van der Waals surface area contributed by atoms with E-state index in [0.717, 1.165) is 18.7 Å². The van der Waals surface area contributed by atoms with Gasteiger partial charge in [0.15, 0.2) is 11.5 Å². The monoisotopic (exact) mass is 452 g/mol. The lowest BCUT2D eigenvalue weighted by Crippen LogP contribution is -2.47. The predicted octanol–water partition coefficient (Wildman–Crippen LogP) is 4.66. The number of amides is 1. The van der Waals surface area contributed by atoms with E-state index in [1.807, 2.05) is 37.9 Å². The van der Waals surface area contributed by atoms with E-state index in [0.29, 0.717) is 51.7 Å². The first-order valence-corrected chi connectivity index (χ1v) is 11.2. The third-order valence-electron chi connectivity index (χ3n) is 6.61. The molecule has 5 rings (SSSR count). The van der Waals surface area contributed by atoms with Gasteiger partial charge in [0.25, 0.3) is 5.91 Å². The molecule has 0 radical (unpaired) electrons. The number of likely N-dealkylation sites (N-methyl/N-ethyl adjacent to an activating group) is 1. The molecule has 0 N–H and O–H groups in total. The molecule has 1 saturated heterocycles. The number of fused-ring (bicyclic) bond motifs is 3. The van der Waals surface area contributed by atoms with Crippen LogP contribution in [0.15, 0.2) is 40.8 Å². The van der Waals surface area contributed by atoms with Gasteiger partial charge in [0.2, 0.25) is 0 Å². The van der Waals surface area contributed by atoms with E-state index in [1.165, 1.54) is 0 Å². The molecule has 2 aliphatic rings. The maximum Gasteiger partial charge on any atom is 0.289 e. The third-order valence-corrected chi connectivity index (χ3v) is 6.86. The van der Waals surface area contributed by atoms with Crippen LogP contribution in [0.2, 0.25) is 5.02 Å². The maximum absolute atomic E-state index is 13.4. The summed E-state index contributed by atoms with van der Waals surface area (Å²) in [5.74, 6) is 0.651. The summed E-state index contributed by atoms with van der Waals surface area (Å²) in [5, 5.41) is 1.30. The first kappa shape index (κ1) is 21.0. The largest absolute Gasteiger partial charge is 0.482 e. The zero-order valence-electron chi connectivity index (χ0n) is 18.4. The molecule has 2 aromatic carbocycles. The Hall–Kier alpha value is -2.83. The second-order valence-corrected chi connectivity index (χ2v) is 9.34. The number of piperazine rings is 1. The molecule has 1 fully saturated rings. The van der Waals surface area contributed by atoms with E-state index >= 15 is 0 Å². The average molecular weight is 453 g/mol. The highest BCUT2D eigenvalue weighted by atomic mass is 35.5. The molecule has 0 aliphatic carbocycles. The smallest absolute Gasteiger partial charge is 0.289 e. The SMILES string of the molecule is Cc1c(C(=O)N2CCN(C)CC2)oc2ccc3c(c12)C(=O)C[C@@](C)(c1ccc(Cl)cc1)O3. The quantitative estimate of drug-likeness (QED) is 0.565. The lowest BCUT2D eigenvalue weighted by Gasteiger charge is -2.35. The zero-order chi connectivity index (χ0) is 22.6. The number of halogens is 1. The van der Waals surface area contributed by atoms with Gasteiger partial charge in [0, 0.05) is 42.2 Å². The van der Waals surface area contributed by atoms with Crippen LogP contribution in [0, 0.1) is 6.92 Å². The van der Waals surface area contributed by atoms with E-state index in [4.69, 9.17) is 20.8 Å². The normalized spacial score (nSPS) is 21.5. The number of furan rings is 1. The first-order valence-electron chi connectivity index (χ1n) is 10.8. The van der Waals surface area contributed by atoms with E-state index in [-0.39, 0.29) is 18.1 Å². The van der Waals surface area contributed by atoms with Crippen molar-refractivity contribution in [3.05, 3.63) is 63.9 Å². The van der Waals surface area contributed by atoms with E-state index < -0.39 is 5.60 Å². The van der Waals surface area contributed by atoms with Crippen molar-refractivity contribution in [3.8, 4) is 5.75 Å². The Morgan fingerprint density at radius 1 is 1.06 bits per heavy atom. The number of ether oxygens (including phenoxy) is 1. The van der Waals surface area contributed by atoms with Gasteiger partial charge in [0.1, 0.15) is 16.9 Å². The van der Waals surface area contributed by atoms with Gasteiger partial charge in [-0.15, -0.1) is 0 Å². The van der Waals surface area contributed by atoms with Gasteiger partial charge in [-0.05, 0) is 50.7 Å². The number of Topliss-reactive ketones (excluding diaryl/α,β-unsaturated/α-hetero) is 1. The Morgan fingerprint density at radius 2 is 1.75 bits per heavy atom. The van der Waals surface area contributed by atoms with Crippen LogP contribution in [0.1, 0.15) is 45.4 Å². The number of nitrogens with zero attached hydrogens (tertiary/aromatic N) is 2. The van der Waals surface area contributed by atoms with Gasteiger partial charge in [-0.25, -0.2) is 0 Å². The molecule has 32 heavy (non-hydrogen) atoms. The fourth-order valence-electron chi connectivity index (χ4n) is 4.68. The van der Waals surface area contributed by atoms with Gasteiger partial charge in [-0.1, -0.05) is 23.7 Å². The van der Waals surface area contributed by atoms with Crippen molar-refractivity contribution in [1.29, 1.82) is 0 Å². The lowest BCUT2D eigenvalue weighted by molar-refractivity contribution is 0.0507. The van der Waals surface area contributed by atoms with Gasteiger partial charge in [0.05, 0.1) is 12.0 Å². The Labute approximate surface area is 191 Å². The molecule has 166 valence electrons. The van der Waals surface area contributed by atoms with Crippen LogP contribution < -0.4 is 4.74 Å². The minimum Gasteiger partial charge on any atom is -0.482 e. The Morgan fingerprint density at radius 3 is 2.44 bits per heavy atom. The van der Waals surface area contributed by atoms with Crippen LogP contribution in [-0.2, 0) is 5.60 Å². The van der Waals surface area contributed by atoms with Crippen LogP contribution in [0.25, 0.3) is 11.0 Å². The number of hydrogen-bond acceptors (Lipinski definition) is 5. The predicted molar refractivity (Wildman–Crippen MR) is 123 cm³/mol. The molecule has 3 heterocycles. The Balaban J connectivity index is 1.54. The van der Waals surface area contributed by atoms with Crippen molar-refractivity contribution in [2.45, 2.75) is 25.9 Å². The fraction of sp³-hybridized carbons (Fsp3) is 0.360. The van der Waals surface area contributed by atoms with Crippen molar-refractivity contribution in [1.82, 2.24) is 9.80 Å². The summed E-state index contributed by atoms with van der Waals surface area (Å²) in [7, 11) is 2.05. The van der Waals surface area contributed by atoms with E-state index in [9.17, 15) is 9.59 Å². The average Bonchev–Trinajstić information content (AvgIpc) is 3.10. The van der Waals surface area contributed by atoms with Crippen molar-refractivity contribution in [3.63, 3.8) is 0 Å². The van der Waals surface area contributed by atoms with Crippen molar-refractivity contribution in [2.75, 3.05) is 33.2 Å². The minimum atomic E-state index is -0.793. The van der Waals surface area contributed by atoms with Crippen molar-refractivity contribution < 1.29 is 18.7 Å². The minimum absolute atomic E-state index is 0.0307. The summed E-state index contributed by atoms with van der Waals surface area (Å²) in [6.07, 6.45) is 0.188. The number of rotatable bonds is 2. The molecule has 6 nitrogen and oxygen atoms in total. The summed E-state index contributed by atoms with van der Waals surface area (Å²) >= 11 is 6.03. The molecule has 1 atom stereocenters. The Bertz CT molecular complexity index is 1220. The van der Waals surface area contributed by atoms with Gasteiger partial charge in [-0.3, -0.25) is 9.59 Å². The molecule has 1 amide bonds. The molecule has 0 unspecified atom stereocenters. The fourth-order valence-corrected chi connectivity index (χ4v) is 4.80. The van der Waals surface area contributed by atoms with Crippen molar-refractivity contribution in [2.24, 2.45) is 0 Å². The van der Waals surface area contributed by atoms with Gasteiger partial charge < -0.3 is 19.0 Å². The highest BCUT2D eigenvalue weighted by Gasteiger charge is 2.40. The molecule has 7 heteroatoms. The number of carbonyl (C=O) groups is 2. The van der Waals surface area contributed by atoms with Crippen LogP contribution in [0.5, 0.6) is 5.75 Å². The highest BCUT2D eigenvalue weighted by molar-refractivity contribution is 6.30. The number of aryl methyl sites for hydroxylation is 1. The maximum atomic E-state index is 13.4. The topological polar surface area (TPSA) is 63.0 Å². The van der Waals surface area contributed by atoms with E-state index in [1.54, 1.807) is 24.3 Å². The number of hydrogen-bond donors (Lipinski definition) is 0. The van der Waals surface area contributed by atoms with Crippen LogP contribution in [0.3, 0.4) is 0 Å². The summed E-state index contributed by atoms with van der Waals surface area (Å²) in [5.41, 5.74) is 1.81. The molecule has 3 aromatic rings. The molecule has 2 aliphatic heterocycles. The van der Waals surface area contributed by atoms with Gasteiger partial charge >= 0.3 is 0 Å². The Kier molecular flexibility index (Phi) is 5.02. The molecule has 0 spiro atoms. The van der Waals surface area contributed by atoms with E-state index in [2.05, 4.69) is 4.90 Å². The number of ketones is 1. The molecule has 0 bridgehead atoms. The lowest BCUT2D eigenvalue weighted by atomic mass is 9.84. The van der Waals surface area contributed by atoms with Crippen LogP contribution >= 0.6 is 11.6 Å². The molecular formula is C25H25ClN2O4. The second kappa shape index (κ2) is 7.64. The van der Waals surface area contributed by atoms with Crippen molar-refractivity contribution >= 4 is 34.3 Å². The number of benzene rings is 2. The summed E-state index contributed by atoms with van der Waals surface area (Å²) in [6, 6.07) is 10.9. The highest BCUT2D eigenvalue weighted by Crippen LogP contribution is 2.44. The standard InChI is InChI=1S/C25H25ClN2O4/c1-15-21-19(31-23(15)24(30)28-12-10-27(3)11-13-28)8-9-20-22(21)18(29)14-25(2,32-20)16-4-6-17(26)7-5-16/h4-9H,10-14H2,1-3H3/t25-/m0/s1. The van der Waals surface area contributed by atoms with Crippen LogP contribution in [0.4, 0.5) is 0 Å². The summed E-state index contributed by atoms with van der Waals surface area (Å²) in [4.78, 5) is 30.5. The number of carbonyl (C=O) groups excluding carboxylic acids is 2. The second-order valence-electron chi connectivity index (χ2n) is 8.90. The summed E-state index contributed by atoms with van der Waals surface area (Å²) < 4.78 is 12.3. The van der Waals surface area contributed by atoms with Crippen LogP contribution in [-0.4, -0.2) is 54.7 Å². The molecule has 0 saturated carbocycles. The zero-order valence-corrected chi connectivity index (χ0v) is 19.2. The summed E-state index contributed by atoms with van der Waals surface area (Å²) in [6.45, 7) is 6.73. The van der Waals surface area contributed by atoms with Gasteiger partial charge in [-0.2, -0.15) is 0 Å². The first-order chi connectivity index (χ1) is 15.3.